The van der Waals surface area contributed by atoms with E-state index >= 15 is 0 Å². The maximum Gasteiger partial charge on any atom is 0.130 e. The molecule has 148 valence electrons. The first kappa shape index (κ1) is 19.2. The van der Waals surface area contributed by atoms with E-state index in [2.05, 4.69) is 45.6 Å². The van der Waals surface area contributed by atoms with E-state index in [0.717, 1.165) is 40.9 Å². The molecule has 2 heterocycles. The van der Waals surface area contributed by atoms with Gasteiger partial charge in [0.2, 0.25) is 0 Å². The molecule has 0 aliphatic heterocycles. The maximum atomic E-state index is 5.59. The Morgan fingerprint density at radius 3 is 2.66 bits per heavy atom. The number of rotatable bonds is 8. The molecule has 4 aromatic rings. The van der Waals surface area contributed by atoms with Crippen molar-refractivity contribution in [1.82, 2.24) is 9.97 Å². The third-order valence-electron chi connectivity index (χ3n) is 4.66. The number of fused-ring (bicyclic) bond motifs is 1. The third-order valence-corrected chi connectivity index (χ3v) is 5.59. The summed E-state index contributed by atoms with van der Waals surface area (Å²) in [5.74, 6) is 2.60. The van der Waals surface area contributed by atoms with Gasteiger partial charge < -0.3 is 14.8 Å². The molecule has 0 atom stereocenters. The summed E-state index contributed by atoms with van der Waals surface area (Å²) in [7, 11) is 1.72. The zero-order valence-corrected chi connectivity index (χ0v) is 17.3. The van der Waals surface area contributed by atoms with Crippen LogP contribution >= 0.6 is 11.3 Å². The first-order valence-electron chi connectivity index (χ1n) is 9.60. The largest absolute Gasteiger partial charge is 0.496 e. The summed E-state index contributed by atoms with van der Waals surface area (Å²) in [4.78, 5) is 9.81. The van der Waals surface area contributed by atoms with Crippen LogP contribution in [0.5, 0.6) is 11.5 Å². The molecule has 0 bridgehead atoms. The Hall–Kier alpha value is -3.12. The predicted molar refractivity (Wildman–Crippen MR) is 119 cm³/mol. The topological polar surface area (TPSA) is 56.3 Å². The fourth-order valence-electron chi connectivity index (χ4n) is 3.26. The van der Waals surface area contributed by atoms with E-state index < -0.39 is 0 Å². The van der Waals surface area contributed by atoms with Gasteiger partial charge in [-0.05, 0) is 41.8 Å². The minimum absolute atomic E-state index is 0.658. The lowest BCUT2D eigenvalue weighted by atomic mass is 10.0. The monoisotopic (exact) mass is 405 g/mol. The average Bonchev–Trinajstić information content (AvgIpc) is 3.22. The molecule has 2 aromatic heterocycles. The molecule has 0 radical (unpaired) electrons. The highest BCUT2D eigenvalue weighted by Crippen LogP contribution is 2.31. The predicted octanol–water partition coefficient (Wildman–Crippen LogP) is 5.42. The first-order valence-corrected chi connectivity index (χ1v) is 10.5. The molecule has 1 N–H and O–H groups in total. The van der Waals surface area contributed by atoms with Crippen LogP contribution in [0.2, 0.25) is 0 Å². The van der Waals surface area contributed by atoms with Gasteiger partial charge in [-0.3, -0.25) is 0 Å². The molecule has 29 heavy (non-hydrogen) atoms. The Morgan fingerprint density at radius 1 is 1.03 bits per heavy atom. The molecule has 0 aliphatic carbocycles. The van der Waals surface area contributed by atoms with E-state index in [1.165, 1.54) is 16.3 Å². The van der Waals surface area contributed by atoms with Crippen molar-refractivity contribution in [3.8, 4) is 22.1 Å². The molecule has 6 heteroatoms. The number of nitrogens with one attached hydrogen (secondary N) is 1. The lowest BCUT2D eigenvalue weighted by molar-refractivity contribution is 0.342. The Kier molecular flexibility index (Phi) is 5.91. The van der Waals surface area contributed by atoms with E-state index in [1.807, 2.05) is 30.5 Å². The van der Waals surface area contributed by atoms with E-state index in [9.17, 15) is 0 Å². The van der Waals surface area contributed by atoms with Gasteiger partial charge in [0, 0.05) is 24.1 Å². The molecule has 0 aliphatic rings. The summed E-state index contributed by atoms with van der Waals surface area (Å²) in [5.41, 5.74) is 2.06. The number of hydrogen-bond acceptors (Lipinski definition) is 6. The summed E-state index contributed by atoms with van der Waals surface area (Å²) in [6.07, 6.45) is 2.43. The molecule has 5 nitrogen and oxygen atoms in total. The second kappa shape index (κ2) is 8.92. The van der Waals surface area contributed by atoms with Crippen LogP contribution in [0, 0.1) is 0 Å². The van der Waals surface area contributed by atoms with Gasteiger partial charge in [-0.2, -0.15) is 0 Å². The molecule has 0 fully saturated rings. The van der Waals surface area contributed by atoms with Gasteiger partial charge in [-0.1, -0.05) is 24.3 Å². The fourth-order valence-corrected chi connectivity index (χ4v) is 4.06. The highest BCUT2D eigenvalue weighted by Gasteiger charge is 2.08. The molecule has 0 amide bonds. The standard InChI is InChI=1S/C23H23N3O2S/c1-3-28-19-12-22(29-14-19)20-13-23(26-15-25-20)24-9-8-18-10-16-6-4-5-7-17(16)11-21(18)27-2/h4-7,10-15H,3,8-9H2,1-2H3,(H,24,25,26). The van der Waals surface area contributed by atoms with Gasteiger partial charge in [0.25, 0.3) is 0 Å². The second-order valence-corrected chi connectivity index (χ2v) is 7.47. The van der Waals surface area contributed by atoms with Crippen LogP contribution in [-0.4, -0.2) is 30.2 Å². The van der Waals surface area contributed by atoms with Crippen molar-refractivity contribution < 1.29 is 9.47 Å². The minimum atomic E-state index is 0.658. The van der Waals surface area contributed by atoms with Gasteiger partial charge in [0.15, 0.2) is 0 Å². The van der Waals surface area contributed by atoms with Gasteiger partial charge in [0.1, 0.15) is 23.6 Å². The number of nitrogens with zero attached hydrogens (tertiary/aromatic N) is 2. The zero-order valence-electron chi connectivity index (χ0n) is 16.5. The fraction of sp³-hybridized carbons (Fsp3) is 0.217. The van der Waals surface area contributed by atoms with Crippen LogP contribution in [-0.2, 0) is 6.42 Å². The van der Waals surface area contributed by atoms with Gasteiger partial charge in [-0.25, -0.2) is 9.97 Å². The average molecular weight is 406 g/mol. The van der Waals surface area contributed by atoms with Crippen molar-refractivity contribution in [2.24, 2.45) is 0 Å². The number of thiophene rings is 1. The van der Waals surface area contributed by atoms with E-state index in [1.54, 1.807) is 24.8 Å². The summed E-state index contributed by atoms with van der Waals surface area (Å²) in [5, 5.41) is 7.80. The molecule has 0 spiro atoms. The van der Waals surface area contributed by atoms with Gasteiger partial charge in [-0.15, -0.1) is 11.3 Å². The van der Waals surface area contributed by atoms with Crippen molar-refractivity contribution in [2.75, 3.05) is 25.6 Å². The van der Waals surface area contributed by atoms with E-state index in [0.29, 0.717) is 6.61 Å². The van der Waals surface area contributed by atoms with Crippen molar-refractivity contribution >= 4 is 27.9 Å². The van der Waals surface area contributed by atoms with Crippen LogP contribution in [0.1, 0.15) is 12.5 Å². The quantitative estimate of drug-likeness (QED) is 0.424. The van der Waals surface area contributed by atoms with Gasteiger partial charge in [0.05, 0.1) is 24.3 Å². The third kappa shape index (κ3) is 4.49. The highest BCUT2D eigenvalue weighted by atomic mass is 32.1. The normalized spacial score (nSPS) is 10.8. The van der Waals surface area contributed by atoms with Crippen molar-refractivity contribution in [2.45, 2.75) is 13.3 Å². The summed E-state index contributed by atoms with van der Waals surface area (Å²) >= 11 is 1.62. The molecular weight excluding hydrogens is 382 g/mol. The molecule has 0 saturated heterocycles. The maximum absolute atomic E-state index is 5.59. The SMILES string of the molecule is CCOc1csc(-c2cc(NCCc3cc4ccccc4cc3OC)ncn2)c1. The van der Waals surface area contributed by atoms with E-state index in [-0.39, 0.29) is 0 Å². The number of anilines is 1. The Labute approximate surface area is 174 Å². The lowest BCUT2D eigenvalue weighted by Crippen LogP contribution is -2.07. The Morgan fingerprint density at radius 2 is 1.86 bits per heavy atom. The minimum Gasteiger partial charge on any atom is -0.496 e. The molecular formula is C23H23N3O2S. The number of ether oxygens (including phenoxy) is 2. The molecule has 4 rings (SSSR count). The van der Waals surface area contributed by atoms with Crippen LogP contribution in [0.15, 0.2) is 60.2 Å². The number of benzene rings is 2. The Balaban J connectivity index is 1.45. The number of hydrogen-bond donors (Lipinski definition) is 1. The molecule has 0 unspecified atom stereocenters. The molecule has 2 aromatic carbocycles. The van der Waals surface area contributed by atoms with Crippen LogP contribution in [0.4, 0.5) is 5.82 Å². The first-order chi connectivity index (χ1) is 14.3. The van der Waals surface area contributed by atoms with Crippen LogP contribution < -0.4 is 14.8 Å². The lowest BCUT2D eigenvalue weighted by Gasteiger charge is -2.11. The molecule has 0 saturated carbocycles. The van der Waals surface area contributed by atoms with Crippen molar-refractivity contribution in [3.05, 3.63) is 65.8 Å². The van der Waals surface area contributed by atoms with Crippen LogP contribution in [0.25, 0.3) is 21.3 Å². The Bertz CT molecular complexity index is 1110. The highest BCUT2D eigenvalue weighted by molar-refractivity contribution is 7.13. The van der Waals surface area contributed by atoms with Crippen molar-refractivity contribution in [1.29, 1.82) is 0 Å². The smallest absolute Gasteiger partial charge is 0.130 e. The second-order valence-electron chi connectivity index (χ2n) is 6.56. The van der Waals surface area contributed by atoms with Gasteiger partial charge >= 0.3 is 0 Å². The van der Waals surface area contributed by atoms with E-state index in [4.69, 9.17) is 9.47 Å². The summed E-state index contributed by atoms with van der Waals surface area (Å²) in [6.45, 7) is 3.39. The number of aromatic nitrogens is 2. The van der Waals surface area contributed by atoms with Crippen molar-refractivity contribution in [3.63, 3.8) is 0 Å². The summed E-state index contributed by atoms with van der Waals surface area (Å²) < 4.78 is 11.1. The number of methoxy groups -OCH3 is 1. The summed E-state index contributed by atoms with van der Waals surface area (Å²) in [6, 6.07) is 16.6. The zero-order chi connectivity index (χ0) is 20.1. The van der Waals surface area contributed by atoms with Crippen LogP contribution in [0.3, 0.4) is 0 Å².